The second-order valence-electron chi connectivity index (χ2n) is 6.62. The van der Waals surface area contributed by atoms with Crippen molar-refractivity contribution < 1.29 is 18.0 Å². The van der Waals surface area contributed by atoms with Crippen LogP contribution in [0.1, 0.15) is 5.56 Å². The van der Waals surface area contributed by atoms with Crippen LogP contribution >= 0.6 is 11.6 Å². The van der Waals surface area contributed by atoms with Gasteiger partial charge in [-0.25, -0.2) is 18.4 Å². The van der Waals surface area contributed by atoms with Crippen LogP contribution in [0.4, 0.5) is 10.5 Å². The molecule has 154 valence electrons. The van der Waals surface area contributed by atoms with Gasteiger partial charge in [0, 0.05) is 30.3 Å². The number of benzene rings is 2. The van der Waals surface area contributed by atoms with Gasteiger partial charge in [-0.05, 0) is 48.4 Å². The van der Waals surface area contributed by atoms with E-state index in [1.165, 1.54) is 17.0 Å². The predicted molar refractivity (Wildman–Crippen MR) is 110 cm³/mol. The highest BCUT2D eigenvalue weighted by Gasteiger charge is 2.30. The van der Waals surface area contributed by atoms with Gasteiger partial charge in [0.05, 0.1) is 4.90 Å². The molecule has 3 rings (SSSR count). The van der Waals surface area contributed by atoms with Crippen molar-refractivity contribution >= 4 is 39.2 Å². The van der Waals surface area contributed by atoms with Crippen molar-refractivity contribution in [3.05, 3.63) is 59.1 Å². The van der Waals surface area contributed by atoms with Gasteiger partial charge in [0.25, 0.3) is 0 Å². The van der Waals surface area contributed by atoms with Gasteiger partial charge in [-0.15, -0.1) is 0 Å². The first kappa shape index (κ1) is 21.1. The van der Waals surface area contributed by atoms with Gasteiger partial charge in [-0.1, -0.05) is 23.7 Å². The van der Waals surface area contributed by atoms with Crippen molar-refractivity contribution in [2.45, 2.75) is 11.3 Å². The van der Waals surface area contributed by atoms with Gasteiger partial charge >= 0.3 is 6.03 Å². The number of primary sulfonamides is 1. The molecule has 0 aliphatic carbocycles. The van der Waals surface area contributed by atoms with Crippen LogP contribution in [0.2, 0.25) is 5.02 Å². The summed E-state index contributed by atoms with van der Waals surface area (Å²) in [5, 5.41) is 8.43. The summed E-state index contributed by atoms with van der Waals surface area (Å²) in [5.74, 6) is -0.252. The number of rotatable bonds is 7. The second-order valence-corrected chi connectivity index (χ2v) is 8.62. The number of halogens is 1. The Hall–Kier alpha value is -2.62. The molecule has 3 amide bonds. The highest BCUT2D eigenvalue weighted by Crippen LogP contribution is 2.22. The molecule has 8 nitrogen and oxygen atoms in total. The molecular weight excluding hydrogens is 416 g/mol. The molecule has 0 saturated carbocycles. The van der Waals surface area contributed by atoms with Gasteiger partial charge in [0.15, 0.2) is 0 Å². The van der Waals surface area contributed by atoms with E-state index in [2.05, 4.69) is 5.32 Å². The number of hydrogen-bond acceptors (Lipinski definition) is 4. The van der Waals surface area contributed by atoms with Gasteiger partial charge in [-0.2, -0.15) is 0 Å². The molecule has 1 aliphatic heterocycles. The average Bonchev–Trinajstić information content (AvgIpc) is 3.02. The van der Waals surface area contributed by atoms with E-state index in [1.54, 1.807) is 41.3 Å². The Morgan fingerprint density at radius 3 is 2.34 bits per heavy atom. The molecule has 0 aromatic heterocycles. The quantitative estimate of drug-likeness (QED) is 0.686. The fraction of sp³-hybridized carbons (Fsp3) is 0.263. The number of nitrogens with zero attached hydrogens (tertiary/aromatic N) is 2. The van der Waals surface area contributed by atoms with Crippen LogP contribution in [-0.4, -0.2) is 51.4 Å². The Morgan fingerprint density at radius 2 is 1.72 bits per heavy atom. The molecule has 0 radical (unpaired) electrons. The Morgan fingerprint density at radius 1 is 1.07 bits per heavy atom. The summed E-state index contributed by atoms with van der Waals surface area (Å²) in [4.78, 5) is 27.8. The lowest BCUT2D eigenvalue weighted by Gasteiger charge is -2.18. The first-order valence-corrected chi connectivity index (χ1v) is 10.9. The topological polar surface area (TPSA) is 113 Å². The van der Waals surface area contributed by atoms with E-state index in [9.17, 15) is 18.0 Å². The lowest BCUT2D eigenvalue weighted by Crippen LogP contribution is -2.40. The zero-order valence-corrected chi connectivity index (χ0v) is 17.1. The SMILES string of the molecule is NS(=O)(=O)c1ccc(CCNC(=O)CN2CCN(c3ccc(Cl)cc3)C2=O)cc1. The fourth-order valence-electron chi connectivity index (χ4n) is 3.01. The first-order chi connectivity index (χ1) is 13.7. The maximum Gasteiger partial charge on any atom is 0.325 e. The smallest absolute Gasteiger partial charge is 0.325 e. The third-order valence-electron chi connectivity index (χ3n) is 4.56. The van der Waals surface area contributed by atoms with E-state index in [4.69, 9.17) is 16.7 Å². The van der Waals surface area contributed by atoms with E-state index < -0.39 is 10.0 Å². The van der Waals surface area contributed by atoms with Crippen LogP contribution in [-0.2, 0) is 21.2 Å². The number of urea groups is 1. The zero-order chi connectivity index (χ0) is 21.0. The van der Waals surface area contributed by atoms with Gasteiger partial charge in [0.2, 0.25) is 15.9 Å². The van der Waals surface area contributed by atoms with Crippen LogP contribution in [0, 0.1) is 0 Å². The number of carbonyl (C=O) groups excluding carboxylic acids is 2. The number of carbonyl (C=O) groups is 2. The number of hydrogen-bond donors (Lipinski definition) is 2. The Kier molecular flexibility index (Phi) is 6.41. The molecule has 2 aromatic rings. The Labute approximate surface area is 174 Å². The van der Waals surface area contributed by atoms with Crippen molar-refractivity contribution in [3.63, 3.8) is 0 Å². The predicted octanol–water partition coefficient (Wildman–Crippen LogP) is 1.59. The summed E-state index contributed by atoms with van der Waals surface area (Å²) in [5.41, 5.74) is 1.61. The third kappa shape index (κ3) is 5.47. The van der Waals surface area contributed by atoms with Crippen LogP contribution in [0.3, 0.4) is 0 Å². The minimum absolute atomic E-state index is 0.0206. The number of nitrogens with two attached hydrogens (primary N) is 1. The molecule has 3 N–H and O–H groups in total. The van der Waals surface area contributed by atoms with Crippen molar-refractivity contribution in [1.29, 1.82) is 0 Å². The monoisotopic (exact) mass is 436 g/mol. The molecule has 0 unspecified atom stereocenters. The van der Waals surface area contributed by atoms with Crippen molar-refractivity contribution in [1.82, 2.24) is 10.2 Å². The van der Waals surface area contributed by atoms with Crippen molar-refractivity contribution in [2.24, 2.45) is 5.14 Å². The molecule has 2 aromatic carbocycles. The molecule has 1 heterocycles. The number of anilines is 1. The zero-order valence-electron chi connectivity index (χ0n) is 15.5. The molecule has 1 saturated heterocycles. The summed E-state index contributed by atoms with van der Waals surface area (Å²) < 4.78 is 22.5. The van der Waals surface area contributed by atoms with E-state index >= 15 is 0 Å². The van der Waals surface area contributed by atoms with Crippen molar-refractivity contribution in [2.75, 3.05) is 31.1 Å². The number of amides is 3. The van der Waals surface area contributed by atoms with E-state index in [-0.39, 0.29) is 23.4 Å². The van der Waals surface area contributed by atoms with Gasteiger partial charge in [-0.3, -0.25) is 9.69 Å². The maximum atomic E-state index is 12.5. The minimum Gasteiger partial charge on any atom is -0.354 e. The summed E-state index contributed by atoms with van der Waals surface area (Å²) in [6.45, 7) is 1.32. The van der Waals surface area contributed by atoms with Gasteiger partial charge in [0.1, 0.15) is 6.54 Å². The molecule has 29 heavy (non-hydrogen) atoms. The highest BCUT2D eigenvalue weighted by atomic mass is 35.5. The normalized spacial score (nSPS) is 14.3. The minimum atomic E-state index is -3.72. The molecule has 1 fully saturated rings. The molecule has 10 heteroatoms. The van der Waals surface area contributed by atoms with E-state index in [0.717, 1.165) is 11.3 Å². The highest BCUT2D eigenvalue weighted by molar-refractivity contribution is 7.89. The molecule has 0 spiro atoms. The summed E-state index contributed by atoms with van der Waals surface area (Å²) in [7, 11) is -3.72. The lowest BCUT2D eigenvalue weighted by atomic mass is 10.1. The summed E-state index contributed by atoms with van der Waals surface area (Å²) >= 11 is 5.87. The molecule has 1 aliphatic rings. The van der Waals surface area contributed by atoms with Crippen LogP contribution in [0.15, 0.2) is 53.4 Å². The van der Waals surface area contributed by atoms with E-state index in [0.29, 0.717) is 31.1 Å². The Bertz CT molecular complexity index is 994. The number of nitrogens with one attached hydrogen (secondary N) is 1. The van der Waals surface area contributed by atoms with Crippen LogP contribution in [0.5, 0.6) is 0 Å². The maximum absolute atomic E-state index is 12.5. The summed E-state index contributed by atoms with van der Waals surface area (Å²) in [6, 6.07) is 12.9. The van der Waals surface area contributed by atoms with Crippen LogP contribution in [0.25, 0.3) is 0 Å². The fourth-order valence-corrected chi connectivity index (χ4v) is 3.65. The number of sulfonamides is 1. The second kappa shape index (κ2) is 8.81. The van der Waals surface area contributed by atoms with E-state index in [1.807, 2.05) is 0 Å². The lowest BCUT2D eigenvalue weighted by molar-refractivity contribution is -0.121. The summed E-state index contributed by atoms with van der Waals surface area (Å²) in [6.07, 6.45) is 0.529. The van der Waals surface area contributed by atoms with Gasteiger partial charge < -0.3 is 10.2 Å². The average molecular weight is 437 g/mol. The molecule has 0 bridgehead atoms. The largest absolute Gasteiger partial charge is 0.354 e. The Balaban J connectivity index is 1.46. The first-order valence-electron chi connectivity index (χ1n) is 8.94. The molecular formula is C19H21ClN4O4S. The molecule has 0 atom stereocenters. The standard InChI is InChI=1S/C19H21ClN4O4S/c20-15-3-5-16(6-4-15)24-12-11-23(19(24)26)13-18(25)22-10-9-14-1-7-17(8-2-14)29(21,27)28/h1-8H,9-13H2,(H,22,25)(H2,21,27,28). The third-order valence-corrected chi connectivity index (χ3v) is 5.74. The van der Waals surface area contributed by atoms with Crippen LogP contribution < -0.4 is 15.4 Å². The van der Waals surface area contributed by atoms with Crippen molar-refractivity contribution in [3.8, 4) is 0 Å².